The SMILES string of the molecule is COC(=O)CCCCNC(=O)c1cc(-c2ccccc2)nc2c1c(C)nn2C. The molecule has 3 aromatic rings. The number of ether oxygens (including phenoxy) is 1. The molecule has 0 spiro atoms. The van der Waals surface area contributed by atoms with E-state index in [-0.39, 0.29) is 11.9 Å². The molecule has 3 rings (SSSR count). The molecule has 1 N–H and O–H groups in total. The zero-order valence-corrected chi connectivity index (χ0v) is 16.4. The molecule has 0 unspecified atom stereocenters. The zero-order valence-electron chi connectivity index (χ0n) is 16.4. The highest BCUT2D eigenvalue weighted by molar-refractivity contribution is 6.07. The van der Waals surface area contributed by atoms with E-state index in [1.54, 1.807) is 4.68 Å². The van der Waals surface area contributed by atoms with Crippen molar-refractivity contribution in [2.45, 2.75) is 26.2 Å². The lowest BCUT2D eigenvalue weighted by molar-refractivity contribution is -0.140. The average Bonchev–Trinajstić information content (AvgIpc) is 3.01. The Hall–Kier alpha value is -3.22. The predicted molar refractivity (Wildman–Crippen MR) is 107 cm³/mol. The fraction of sp³-hybridized carbons (Fsp3) is 0.333. The second-order valence-corrected chi connectivity index (χ2v) is 6.62. The maximum atomic E-state index is 12.9. The minimum atomic E-state index is -0.236. The second kappa shape index (κ2) is 8.65. The number of methoxy groups -OCH3 is 1. The molecule has 0 aliphatic heterocycles. The van der Waals surface area contributed by atoms with E-state index in [1.807, 2.05) is 50.4 Å². The van der Waals surface area contributed by atoms with Crippen molar-refractivity contribution in [2.24, 2.45) is 7.05 Å². The van der Waals surface area contributed by atoms with Gasteiger partial charge in [0.05, 0.1) is 29.4 Å². The average molecular weight is 380 g/mol. The number of unbranched alkanes of at least 4 members (excludes halogenated alkanes) is 1. The van der Waals surface area contributed by atoms with Crippen molar-refractivity contribution in [3.05, 3.63) is 47.7 Å². The van der Waals surface area contributed by atoms with Gasteiger partial charge in [0.15, 0.2) is 5.65 Å². The van der Waals surface area contributed by atoms with Crippen LogP contribution in [0.5, 0.6) is 0 Å². The fourth-order valence-electron chi connectivity index (χ4n) is 3.17. The van der Waals surface area contributed by atoms with Crippen molar-refractivity contribution in [1.82, 2.24) is 20.1 Å². The van der Waals surface area contributed by atoms with Gasteiger partial charge in [0.2, 0.25) is 0 Å². The van der Waals surface area contributed by atoms with Crippen LogP contribution in [0.1, 0.15) is 35.3 Å². The number of hydrogen-bond acceptors (Lipinski definition) is 5. The summed E-state index contributed by atoms with van der Waals surface area (Å²) in [6, 6.07) is 11.6. The number of carbonyl (C=O) groups excluding carboxylic acids is 2. The maximum Gasteiger partial charge on any atom is 0.305 e. The molecule has 0 radical (unpaired) electrons. The summed E-state index contributed by atoms with van der Waals surface area (Å²) < 4.78 is 6.32. The zero-order chi connectivity index (χ0) is 20.1. The molecular formula is C21H24N4O3. The Morgan fingerprint density at radius 3 is 2.64 bits per heavy atom. The summed E-state index contributed by atoms with van der Waals surface area (Å²) in [5.74, 6) is -0.403. The molecule has 0 atom stereocenters. The van der Waals surface area contributed by atoms with Gasteiger partial charge in [-0.15, -0.1) is 0 Å². The molecule has 28 heavy (non-hydrogen) atoms. The number of aromatic nitrogens is 3. The van der Waals surface area contributed by atoms with Gasteiger partial charge < -0.3 is 10.1 Å². The Labute approximate surface area is 163 Å². The van der Waals surface area contributed by atoms with Crippen LogP contribution < -0.4 is 5.32 Å². The summed E-state index contributed by atoms with van der Waals surface area (Å²) in [6.45, 7) is 2.36. The first-order valence-corrected chi connectivity index (χ1v) is 9.26. The Kier molecular flexibility index (Phi) is 6.03. The number of benzene rings is 1. The van der Waals surface area contributed by atoms with Gasteiger partial charge in [-0.2, -0.15) is 5.10 Å². The fourth-order valence-corrected chi connectivity index (χ4v) is 3.17. The van der Waals surface area contributed by atoms with Crippen molar-refractivity contribution in [3.8, 4) is 11.3 Å². The summed E-state index contributed by atoms with van der Waals surface area (Å²) >= 11 is 0. The first-order chi connectivity index (χ1) is 13.5. The number of hydrogen-bond donors (Lipinski definition) is 1. The van der Waals surface area contributed by atoms with E-state index >= 15 is 0 Å². The van der Waals surface area contributed by atoms with Gasteiger partial charge in [-0.05, 0) is 25.8 Å². The molecule has 146 valence electrons. The molecule has 2 heterocycles. The molecule has 7 nitrogen and oxygen atoms in total. The smallest absolute Gasteiger partial charge is 0.305 e. The monoisotopic (exact) mass is 380 g/mol. The van der Waals surface area contributed by atoms with Gasteiger partial charge in [0, 0.05) is 25.6 Å². The third-order valence-corrected chi connectivity index (χ3v) is 4.60. The van der Waals surface area contributed by atoms with E-state index in [0.717, 1.165) is 22.3 Å². The highest BCUT2D eigenvalue weighted by Gasteiger charge is 2.19. The van der Waals surface area contributed by atoms with Crippen molar-refractivity contribution in [3.63, 3.8) is 0 Å². The molecule has 2 aromatic heterocycles. The van der Waals surface area contributed by atoms with Crippen LogP contribution in [0.4, 0.5) is 0 Å². The van der Waals surface area contributed by atoms with Gasteiger partial charge >= 0.3 is 5.97 Å². The number of amides is 1. The third-order valence-electron chi connectivity index (χ3n) is 4.60. The van der Waals surface area contributed by atoms with Crippen molar-refractivity contribution in [1.29, 1.82) is 0 Å². The molecule has 0 fully saturated rings. The molecule has 7 heteroatoms. The lowest BCUT2D eigenvalue weighted by Crippen LogP contribution is -2.25. The number of fused-ring (bicyclic) bond motifs is 1. The van der Waals surface area contributed by atoms with E-state index in [1.165, 1.54) is 7.11 Å². The van der Waals surface area contributed by atoms with E-state index < -0.39 is 0 Å². The predicted octanol–water partition coefficient (Wildman–Crippen LogP) is 3.02. The Morgan fingerprint density at radius 1 is 1.18 bits per heavy atom. The van der Waals surface area contributed by atoms with Gasteiger partial charge in [0.1, 0.15) is 0 Å². The van der Waals surface area contributed by atoms with Crippen LogP contribution in [-0.2, 0) is 16.6 Å². The molecule has 0 aliphatic carbocycles. The minimum absolute atomic E-state index is 0.168. The molecule has 0 bridgehead atoms. The first kappa shape index (κ1) is 19.5. The van der Waals surface area contributed by atoms with Crippen molar-refractivity contribution >= 4 is 22.9 Å². The van der Waals surface area contributed by atoms with E-state index in [4.69, 9.17) is 4.98 Å². The highest BCUT2D eigenvalue weighted by Crippen LogP contribution is 2.26. The standard InChI is InChI=1S/C21H24N4O3/c1-14-19-16(21(27)22-12-8-7-11-18(26)28-3)13-17(15-9-5-4-6-10-15)23-20(19)25(2)24-14/h4-6,9-10,13H,7-8,11-12H2,1-3H3,(H,22,27). The lowest BCUT2D eigenvalue weighted by atomic mass is 10.0. The number of nitrogens with zero attached hydrogens (tertiary/aromatic N) is 3. The number of pyridine rings is 1. The van der Waals surface area contributed by atoms with E-state index in [2.05, 4.69) is 15.2 Å². The molecule has 1 aromatic carbocycles. The van der Waals surface area contributed by atoms with E-state index in [0.29, 0.717) is 37.0 Å². The summed E-state index contributed by atoms with van der Waals surface area (Å²) in [4.78, 5) is 28.8. The molecular weight excluding hydrogens is 356 g/mol. The van der Waals surface area contributed by atoms with Crippen LogP contribution in [-0.4, -0.2) is 40.3 Å². The Morgan fingerprint density at radius 2 is 1.93 bits per heavy atom. The first-order valence-electron chi connectivity index (χ1n) is 9.26. The van der Waals surface area contributed by atoms with Gasteiger partial charge in [-0.25, -0.2) is 4.98 Å². The van der Waals surface area contributed by atoms with Crippen LogP contribution >= 0.6 is 0 Å². The Bertz CT molecular complexity index is 996. The topological polar surface area (TPSA) is 86.1 Å². The van der Waals surface area contributed by atoms with E-state index in [9.17, 15) is 9.59 Å². The van der Waals surface area contributed by atoms with Crippen LogP contribution in [0.25, 0.3) is 22.3 Å². The molecule has 0 saturated carbocycles. The normalized spacial score (nSPS) is 10.8. The van der Waals surface area contributed by atoms with Gasteiger partial charge in [-0.1, -0.05) is 30.3 Å². The number of nitrogens with one attached hydrogen (secondary N) is 1. The van der Waals surface area contributed by atoms with Crippen LogP contribution in [0.3, 0.4) is 0 Å². The number of carbonyl (C=O) groups is 2. The number of esters is 1. The van der Waals surface area contributed by atoms with Gasteiger partial charge in [0.25, 0.3) is 5.91 Å². The van der Waals surface area contributed by atoms with Crippen LogP contribution in [0.2, 0.25) is 0 Å². The number of aryl methyl sites for hydroxylation is 2. The minimum Gasteiger partial charge on any atom is -0.469 e. The summed E-state index contributed by atoms with van der Waals surface area (Å²) in [6.07, 6.45) is 1.72. The van der Waals surface area contributed by atoms with Crippen molar-refractivity contribution < 1.29 is 14.3 Å². The summed E-state index contributed by atoms with van der Waals surface area (Å²) in [5, 5.41) is 8.13. The highest BCUT2D eigenvalue weighted by atomic mass is 16.5. The lowest BCUT2D eigenvalue weighted by Gasteiger charge is -2.09. The van der Waals surface area contributed by atoms with Crippen LogP contribution in [0.15, 0.2) is 36.4 Å². The summed E-state index contributed by atoms with van der Waals surface area (Å²) in [7, 11) is 3.20. The second-order valence-electron chi connectivity index (χ2n) is 6.62. The summed E-state index contributed by atoms with van der Waals surface area (Å²) in [5.41, 5.74) is 3.67. The largest absolute Gasteiger partial charge is 0.469 e. The molecule has 0 aliphatic rings. The maximum absolute atomic E-state index is 12.9. The number of rotatable bonds is 7. The quantitative estimate of drug-likeness (QED) is 0.503. The van der Waals surface area contributed by atoms with Crippen LogP contribution in [0, 0.1) is 6.92 Å². The van der Waals surface area contributed by atoms with Crippen molar-refractivity contribution in [2.75, 3.05) is 13.7 Å². The third kappa shape index (κ3) is 4.19. The molecule has 0 saturated heterocycles. The van der Waals surface area contributed by atoms with Gasteiger partial charge in [-0.3, -0.25) is 14.3 Å². The molecule has 1 amide bonds. The Balaban J connectivity index is 1.84.